The number of alkyl halides is 3. The largest absolute Gasteiger partial charge is 0.405 e. The van der Waals surface area contributed by atoms with Gasteiger partial charge < -0.3 is 16.0 Å². The van der Waals surface area contributed by atoms with Crippen LogP contribution in [0.4, 0.5) is 24.0 Å². The number of rotatable bonds is 4. The molecule has 0 spiro atoms. The van der Waals surface area contributed by atoms with Gasteiger partial charge in [0.25, 0.3) is 5.91 Å². The third-order valence-electron chi connectivity index (χ3n) is 2.11. The van der Waals surface area contributed by atoms with Crippen molar-refractivity contribution in [3.8, 4) is 0 Å². The molecule has 108 valence electrons. The molecule has 1 aromatic heterocycles. The average molecular weight is 296 g/mol. The van der Waals surface area contributed by atoms with Crippen LogP contribution in [0.3, 0.4) is 0 Å². The second kappa shape index (κ2) is 5.64. The van der Waals surface area contributed by atoms with Gasteiger partial charge in [0, 0.05) is 13.1 Å². The van der Waals surface area contributed by atoms with Gasteiger partial charge in [0.05, 0.1) is 0 Å². The van der Waals surface area contributed by atoms with Gasteiger partial charge in [0.2, 0.25) is 0 Å². The predicted molar refractivity (Wildman–Crippen MR) is 68.5 cm³/mol. The minimum absolute atomic E-state index is 0.00884. The molecule has 0 unspecified atom stereocenters. The summed E-state index contributed by atoms with van der Waals surface area (Å²) in [6.45, 7) is 2.32. The molecule has 5 nitrogen and oxygen atoms in total. The second-order valence-electron chi connectivity index (χ2n) is 4.35. The van der Waals surface area contributed by atoms with Crippen molar-refractivity contribution in [2.75, 3.05) is 24.2 Å². The molecule has 0 atom stereocenters. The molecular formula is C10H15F3N4OS. The van der Waals surface area contributed by atoms with Crippen LogP contribution in [0.5, 0.6) is 0 Å². The summed E-state index contributed by atoms with van der Waals surface area (Å²) in [5, 5.41) is 2.69. The molecule has 0 aliphatic rings. The minimum Gasteiger partial charge on any atom is -0.382 e. The second-order valence-corrected chi connectivity index (χ2v) is 5.10. The summed E-state index contributed by atoms with van der Waals surface area (Å²) in [5.74, 6) is -0.586. The van der Waals surface area contributed by atoms with E-state index in [-0.39, 0.29) is 22.4 Å². The number of amides is 1. The summed E-state index contributed by atoms with van der Waals surface area (Å²) in [7, 11) is 1.24. The summed E-state index contributed by atoms with van der Waals surface area (Å²) in [5.41, 5.74) is 5.54. The maximum atomic E-state index is 12.4. The first-order chi connectivity index (χ1) is 8.61. The number of carbonyl (C=O) groups is 1. The Kier molecular flexibility index (Phi) is 4.61. The Balaban J connectivity index is 3.00. The maximum absolute atomic E-state index is 12.4. The van der Waals surface area contributed by atoms with Crippen molar-refractivity contribution in [2.45, 2.75) is 26.1 Å². The predicted octanol–water partition coefficient (Wildman–Crippen LogP) is 1.86. The molecule has 9 heteroatoms. The van der Waals surface area contributed by atoms with Crippen molar-refractivity contribution in [1.82, 2.24) is 9.69 Å². The van der Waals surface area contributed by atoms with Crippen molar-refractivity contribution in [3.05, 3.63) is 5.56 Å². The van der Waals surface area contributed by atoms with E-state index < -0.39 is 18.6 Å². The molecule has 0 aromatic carbocycles. The Morgan fingerprint density at radius 3 is 2.58 bits per heavy atom. The van der Waals surface area contributed by atoms with Crippen molar-refractivity contribution < 1.29 is 18.0 Å². The molecule has 0 aliphatic heterocycles. The van der Waals surface area contributed by atoms with E-state index in [2.05, 4.69) is 9.69 Å². The Hall–Kier alpha value is -1.51. The Labute approximate surface area is 112 Å². The van der Waals surface area contributed by atoms with E-state index >= 15 is 0 Å². The monoisotopic (exact) mass is 296 g/mol. The molecule has 1 heterocycles. The van der Waals surface area contributed by atoms with E-state index in [1.807, 2.05) is 0 Å². The van der Waals surface area contributed by atoms with Crippen LogP contribution < -0.4 is 16.0 Å². The van der Waals surface area contributed by atoms with Crippen LogP contribution in [0, 0.1) is 0 Å². The highest BCUT2D eigenvalue weighted by atomic mass is 32.1. The zero-order valence-electron chi connectivity index (χ0n) is 10.7. The van der Waals surface area contributed by atoms with Gasteiger partial charge in [-0.3, -0.25) is 4.79 Å². The number of carbonyl (C=O) groups excluding carboxylic acids is 1. The van der Waals surface area contributed by atoms with E-state index in [4.69, 9.17) is 5.73 Å². The number of nitrogens with zero attached hydrogens (tertiary/aromatic N) is 2. The van der Waals surface area contributed by atoms with Gasteiger partial charge in [-0.15, -0.1) is 0 Å². The number of nitrogen functional groups attached to an aromatic ring is 1. The molecule has 0 saturated carbocycles. The number of nitrogens with one attached hydrogen (secondary N) is 1. The lowest BCUT2D eigenvalue weighted by Gasteiger charge is -2.20. The zero-order valence-corrected chi connectivity index (χ0v) is 11.5. The molecule has 0 bridgehead atoms. The summed E-state index contributed by atoms with van der Waals surface area (Å²) >= 11 is 0.770. The van der Waals surface area contributed by atoms with Crippen LogP contribution in [0.2, 0.25) is 0 Å². The maximum Gasteiger partial charge on any atom is 0.405 e. The number of halogens is 3. The minimum atomic E-state index is -4.36. The lowest BCUT2D eigenvalue weighted by molar-refractivity contribution is -0.119. The topological polar surface area (TPSA) is 71.2 Å². The highest BCUT2D eigenvalue weighted by Gasteiger charge is 2.32. The number of hydrogen-bond donors (Lipinski definition) is 2. The summed E-state index contributed by atoms with van der Waals surface area (Å²) in [6, 6.07) is -0.146. The van der Waals surface area contributed by atoms with Crippen LogP contribution >= 0.6 is 11.5 Å². The quantitative estimate of drug-likeness (QED) is 0.889. The molecule has 0 aliphatic carbocycles. The molecule has 0 radical (unpaired) electrons. The van der Waals surface area contributed by atoms with Crippen molar-refractivity contribution in [2.24, 2.45) is 0 Å². The Morgan fingerprint density at radius 2 is 2.11 bits per heavy atom. The standard InChI is InChI=1S/C10H15F3N4OS/c1-5(2)15-8(18)6-7(14)16-19-9(6)17(3)4-10(11,12)13/h5H,4H2,1-3H3,(H2,14,16)(H,15,18). The van der Waals surface area contributed by atoms with Gasteiger partial charge in [-0.1, -0.05) is 0 Å². The van der Waals surface area contributed by atoms with Gasteiger partial charge in [0.15, 0.2) is 5.82 Å². The fourth-order valence-electron chi connectivity index (χ4n) is 1.44. The molecule has 1 amide bonds. The molecule has 1 rings (SSSR count). The lowest BCUT2D eigenvalue weighted by Crippen LogP contribution is -2.34. The number of nitrogens with two attached hydrogens (primary N) is 1. The number of hydrogen-bond acceptors (Lipinski definition) is 5. The average Bonchev–Trinajstić information content (AvgIpc) is 2.56. The first-order valence-corrected chi connectivity index (χ1v) is 6.23. The molecule has 3 N–H and O–H groups in total. The molecule has 0 saturated heterocycles. The van der Waals surface area contributed by atoms with E-state index in [0.717, 1.165) is 16.4 Å². The van der Waals surface area contributed by atoms with Gasteiger partial charge in [-0.2, -0.15) is 17.5 Å². The van der Waals surface area contributed by atoms with Crippen molar-refractivity contribution in [1.29, 1.82) is 0 Å². The van der Waals surface area contributed by atoms with Gasteiger partial charge >= 0.3 is 6.18 Å². The summed E-state index contributed by atoms with van der Waals surface area (Å²) in [4.78, 5) is 12.8. The summed E-state index contributed by atoms with van der Waals surface area (Å²) < 4.78 is 40.8. The van der Waals surface area contributed by atoms with E-state index in [1.165, 1.54) is 7.05 Å². The Bertz CT molecular complexity index is 458. The van der Waals surface area contributed by atoms with Crippen molar-refractivity contribution in [3.63, 3.8) is 0 Å². The highest BCUT2D eigenvalue weighted by molar-refractivity contribution is 7.11. The fraction of sp³-hybridized carbons (Fsp3) is 0.600. The van der Waals surface area contributed by atoms with Crippen LogP contribution in [0.15, 0.2) is 0 Å². The van der Waals surface area contributed by atoms with Crippen molar-refractivity contribution >= 4 is 28.3 Å². The third-order valence-corrected chi connectivity index (χ3v) is 3.09. The Morgan fingerprint density at radius 1 is 1.53 bits per heavy atom. The smallest absolute Gasteiger partial charge is 0.382 e. The molecule has 19 heavy (non-hydrogen) atoms. The van der Waals surface area contributed by atoms with Gasteiger partial charge in [-0.05, 0) is 25.4 Å². The number of aromatic nitrogens is 1. The molecule has 0 fully saturated rings. The highest BCUT2D eigenvalue weighted by Crippen LogP contribution is 2.31. The van der Waals surface area contributed by atoms with Crippen LogP contribution in [-0.2, 0) is 0 Å². The van der Waals surface area contributed by atoms with Gasteiger partial charge in [-0.25, -0.2) is 0 Å². The van der Waals surface area contributed by atoms with E-state index in [0.29, 0.717) is 0 Å². The third kappa shape index (κ3) is 4.27. The van der Waals surface area contributed by atoms with Crippen LogP contribution in [0.1, 0.15) is 24.2 Å². The SMILES string of the molecule is CC(C)NC(=O)c1c(N)nsc1N(C)CC(F)(F)F. The first-order valence-electron chi connectivity index (χ1n) is 5.45. The van der Waals surface area contributed by atoms with Crippen LogP contribution in [0.25, 0.3) is 0 Å². The van der Waals surface area contributed by atoms with E-state index in [9.17, 15) is 18.0 Å². The fourth-order valence-corrected chi connectivity index (χ4v) is 2.21. The summed E-state index contributed by atoms with van der Waals surface area (Å²) in [6.07, 6.45) is -4.36. The van der Waals surface area contributed by atoms with E-state index in [1.54, 1.807) is 13.8 Å². The zero-order chi connectivity index (χ0) is 14.8. The van der Waals surface area contributed by atoms with Crippen LogP contribution in [-0.4, -0.2) is 36.1 Å². The first kappa shape index (κ1) is 15.5. The normalized spacial score (nSPS) is 11.7. The molecular weight excluding hydrogens is 281 g/mol. The number of anilines is 2. The lowest BCUT2D eigenvalue weighted by atomic mass is 10.2. The molecule has 1 aromatic rings. The van der Waals surface area contributed by atoms with Gasteiger partial charge in [0.1, 0.15) is 17.1 Å².